The van der Waals surface area contributed by atoms with Gasteiger partial charge in [-0.2, -0.15) is 23.5 Å². The van der Waals surface area contributed by atoms with Crippen molar-refractivity contribution >= 4 is 58.8 Å². The molecule has 6 N–H and O–H groups in total. The summed E-state index contributed by atoms with van der Waals surface area (Å²) < 4.78 is 5.51. The molecule has 0 aromatic carbocycles. The number of carbonyl (C=O) groups is 5. The first kappa shape index (κ1) is 38.6. The number of rotatable bonds is 5. The molecular formula is C31H52N6O6S2. The summed E-state index contributed by atoms with van der Waals surface area (Å²) in [5.41, 5.74) is 6.14. The Kier molecular flexibility index (Phi) is 16.4. The summed E-state index contributed by atoms with van der Waals surface area (Å²) in [5.74, 6) is -0.736. The lowest BCUT2D eigenvalue weighted by atomic mass is 9.87. The predicted octanol–water partition coefficient (Wildman–Crippen LogP) is 1.92. The van der Waals surface area contributed by atoms with Gasteiger partial charge in [-0.25, -0.2) is 0 Å². The maximum absolute atomic E-state index is 13.9. The SMILES string of the molecule is C/C=C1CSCCC(=O)NC2(CCOCC2)C(=O)N[C@@H](CC(C)C)C(=O)N[C@@H]([C@@H](C)CC)C(=O)NC(C(N)=O)CSC/C(C)=N/1. The van der Waals surface area contributed by atoms with Gasteiger partial charge in [0.05, 0.1) is 0 Å². The van der Waals surface area contributed by atoms with Crippen LogP contribution in [0.4, 0.5) is 0 Å². The Labute approximate surface area is 276 Å². The van der Waals surface area contributed by atoms with Crippen LogP contribution in [0, 0.1) is 11.8 Å². The maximum Gasteiger partial charge on any atom is 0.246 e. The van der Waals surface area contributed by atoms with E-state index in [2.05, 4.69) is 21.3 Å². The van der Waals surface area contributed by atoms with E-state index in [-0.39, 0.29) is 42.8 Å². The molecule has 1 saturated heterocycles. The molecule has 254 valence electrons. The van der Waals surface area contributed by atoms with Gasteiger partial charge in [0.25, 0.3) is 0 Å². The van der Waals surface area contributed by atoms with Crippen LogP contribution in [0.1, 0.15) is 73.6 Å². The minimum atomic E-state index is -1.22. The highest BCUT2D eigenvalue weighted by Gasteiger charge is 2.43. The van der Waals surface area contributed by atoms with Gasteiger partial charge in [-0.15, -0.1) is 0 Å². The number of allylic oxidation sites excluding steroid dienone is 1. The number of thioether (sulfide) groups is 2. The van der Waals surface area contributed by atoms with Gasteiger partial charge < -0.3 is 31.7 Å². The minimum absolute atomic E-state index is 0.0399. The topological polar surface area (TPSA) is 181 Å². The lowest BCUT2D eigenvalue weighted by Gasteiger charge is -2.38. The fourth-order valence-corrected chi connectivity index (χ4v) is 6.87. The lowest BCUT2D eigenvalue weighted by Crippen LogP contribution is -2.65. The summed E-state index contributed by atoms with van der Waals surface area (Å²) in [6, 6.07) is -2.86. The Hall–Kier alpha value is -2.58. The highest BCUT2D eigenvalue weighted by Crippen LogP contribution is 2.23. The zero-order valence-corrected chi connectivity index (χ0v) is 29.2. The van der Waals surface area contributed by atoms with Gasteiger partial charge in [-0.1, -0.05) is 40.2 Å². The summed E-state index contributed by atoms with van der Waals surface area (Å²) in [5, 5.41) is 11.4. The second-order valence-corrected chi connectivity index (χ2v) is 14.3. The van der Waals surface area contributed by atoms with Crippen LogP contribution < -0.4 is 27.0 Å². The maximum atomic E-state index is 13.9. The Balaban J connectivity index is 2.44. The number of nitrogens with one attached hydrogen (secondary N) is 4. The van der Waals surface area contributed by atoms with E-state index in [0.717, 1.165) is 11.4 Å². The highest BCUT2D eigenvalue weighted by atomic mass is 32.2. The molecule has 4 atom stereocenters. The molecule has 2 aliphatic heterocycles. The quantitative estimate of drug-likeness (QED) is 0.295. The Morgan fingerprint density at radius 2 is 1.76 bits per heavy atom. The number of aliphatic imine (C=N–C) groups is 1. The molecule has 2 aliphatic rings. The first-order valence-corrected chi connectivity index (χ1v) is 18.1. The molecule has 0 saturated carbocycles. The number of amides is 5. The number of hydrogen-bond donors (Lipinski definition) is 5. The van der Waals surface area contributed by atoms with Crippen LogP contribution in [0.15, 0.2) is 16.8 Å². The molecular weight excluding hydrogens is 617 g/mol. The van der Waals surface area contributed by atoms with Crippen molar-refractivity contribution in [3.05, 3.63) is 11.8 Å². The first-order valence-electron chi connectivity index (χ1n) is 15.8. The molecule has 1 unspecified atom stereocenters. The third-order valence-electron chi connectivity index (χ3n) is 7.93. The standard InChI is InChI=1S/C31H52N6O6S2/c1-7-20(5)26-29(41)34-24(27(32)39)18-45-16-21(6)33-22(8-2)17-44-14-9-25(38)37-31(10-12-43-13-11-31)30(42)35-23(15-19(3)4)28(40)36-26/h8,19-20,23-24,26H,7,9-18H2,1-6H3,(H2,32,39)(H,34,41)(H,35,42)(H,36,40)(H,37,38)/b22-8-,33-21+/t20-,23-,24?,26-/m0/s1. The Morgan fingerprint density at radius 3 is 2.36 bits per heavy atom. The highest BCUT2D eigenvalue weighted by molar-refractivity contribution is 8.00. The van der Waals surface area contributed by atoms with Crippen LogP contribution in [-0.4, -0.2) is 95.1 Å². The van der Waals surface area contributed by atoms with E-state index in [0.29, 0.717) is 43.3 Å². The fraction of sp³-hybridized carbons (Fsp3) is 0.742. The van der Waals surface area contributed by atoms with E-state index in [1.807, 2.05) is 47.6 Å². The summed E-state index contributed by atoms with van der Waals surface area (Å²) in [4.78, 5) is 71.2. The van der Waals surface area contributed by atoms with Gasteiger partial charge in [-0.05, 0) is 32.1 Å². The van der Waals surface area contributed by atoms with Crippen LogP contribution in [0.25, 0.3) is 0 Å². The van der Waals surface area contributed by atoms with Gasteiger partial charge in [0.2, 0.25) is 29.5 Å². The zero-order valence-electron chi connectivity index (χ0n) is 27.5. The summed E-state index contributed by atoms with van der Waals surface area (Å²) in [6.07, 6.45) is 3.57. The normalized spacial score (nSPS) is 28.0. The van der Waals surface area contributed by atoms with Crippen molar-refractivity contribution in [1.82, 2.24) is 21.3 Å². The Morgan fingerprint density at radius 1 is 1.07 bits per heavy atom. The van der Waals surface area contributed by atoms with Crippen molar-refractivity contribution in [1.29, 1.82) is 0 Å². The van der Waals surface area contributed by atoms with Gasteiger partial charge in [0.1, 0.15) is 23.7 Å². The number of ether oxygens (including phenoxy) is 1. The molecule has 0 bridgehead atoms. The number of nitrogens with two attached hydrogens (primary N) is 1. The summed E-state index contributed by atoms with van der Waals surface area (Å²) in [6.45, 7) is 12.0. The number of carbonyl (C=O) groups excluding carboxylic acids is 5. The molecule has 0 aliphatic carbocycles. The molecule has 0 aromatic heterocycles. The molecule has 1 spiro atoms. The van der Waals surface area contributed by atoms with Crippen molar-refractivity contribution in [2.75, 3.05) is 36.2 Å². The lowest BCUT2D eigenvalue weighted by molar-refractivity contribution is -0.140. The fourth-order valence-electron chi connectivity index (χ4n) is 4.99. The van der Waals surface area contributed by atoms with E-state index in [1.165, 1.54) is 11.8 Å². The van der Waals surface area contributed by atoms with Crippen molar-refractivity contribution in [3.8, 4) is 0 Å². The third-order valence-corrected chi connectivity index (χ3v) is 10.1. The number of nitrogens with zero attached hydrogens (tertiary/aromatic N) is 1. The van der Waals surface area contributed by atoms with Gasteiger partial charge in [-0.3, -0.25) is 29.0 Å². The minimum Gasteiger partial charge on any atom is -0.381 e. The van der Waals surface area contributed by atoms with E-state index in [4.69, 9.17) is 15.5 Å². The zero-order chi connectivity index (χ0) is 33.6. The first-order chi connectivity index (χ1) is 21.3. The summed E-state index contributed by atoms with van der Waals surface area (Å²) >= 11 is 2.99. The molecule has 0 aromatic rings. The molecule has 14 heteroatoms. The van der Waals surface area contributed by atoms with E-state index >= 15 is 0 Å². The molecule has 1 fully saturated rings. The molecule has 0 radical (unpaired) electrons. The van der Waals surface area contributed by atoms with Crippen molar-refractivity contribution in [2.24, 2.45) is 22.6 Å². The van der Waals surface area contributed by atoms with E-state index in [9.17, 15) is 24.0 Å². The average Bonchev–Trinajstić information content (AvgIpc) is 2.99. The predicted molar refractivity (Wildman–Crippen MR) is 181 cm³/mol. The average molecular weight is 669 g/mol. The second-order valence-electron chi connectivity index (χ2n) is 12.2. The summed E-state index contributed by atoms with van der Waals surface area (Å²) in [7, 11) is 0. The van der Waals surface area contributed by atoms with Gasteiger partial charge in [0.15, 0.2) is 0 Å². The smallest absolute Gasteiger partial charge is 0.246 e. The number of hydrogen-bond acceptors (Lipinski definition) is 9. The molecule has 12 nitrogen and oxygen atoms in total. The molecule has 2 rings (SSSR count). The monoisotopic (exact) mass is 668 g/mol. The third kappa shape index (κ3) is 12.6. The molecule has 5 amide bonds. The Bertz CT molecular complexity index is 1110. The van der Waals surface area contributed by atoms with Crippen molar-refractivity contribution < 1.29 is 28.7 Å². The van der Waals surface area contributed by atoms with Crippen LogP contribution in [0.2, 0.25) is 0 Å². The van der Waals surface area contributed by atoms with Crippen molar-refractivity contribution in [3.63, 3.8) is 0 Å². The largest absolute Gasteiger partial charge is 0.381 e. The molecule has 45 heavy (non-hydrogen) atoms. The van der Waals surface area contributed by atoms with Crippen molar-refractivity contribution in [2.45, 2.75) is 97.3 Å². The van der Waals surface area contributed by atoms with Crippen LogP contribution in [0.3, 0.4) is 0 Å². The second kappa shape index (κ2) is 19.2. The molecule has 2 heterocycles. The van der Waals surface area contributed by atoms with Crippen LogP contribution in [0.5, 0.6) is 0 Å². The van der Waals surface area contributed by atoms with Gasteiger partial charge >= 0.3 is 0 Å². The van der Waals surface area contributed by atoms with E-state index < -0.39 is 47.3 Å². The van der Waals surface area contributed by atoms with E-state index in [1.54, 1.807) is 11.8 Å². The van der Waals surface area contributed by atoms with Gasteiger partial charge in [0, 0.05) is 66.9 Å². The van der Waals surface area contributed by atoms with Crippen LogP contribution in [-0.2, 0) is 28.7 Å². The van der Waals surface area contributed by atoms with Crippen LogP contribution >= 0.6 is 23.5 Å². The number of primary amides is 1.